The van der Waals surface area contributed by atoms with E-state index in [2.05, 4.69) is 11.4 Å². The van der Waals surface area contributed by atoms with Crippen molar-refractivity contribution < 1.29 is 14.3 Å². The number of amides is 2. The van der Waals surface area contributed by atoms with E-state index in [1.807, 2.05) is 62.1 Å². The highest BCUT2D eigenvalue weighted by atomic mass is 35.5. The predicted octanol–water partition coefficient (Wildman–Crippen LogP) is 6.16. The Kier molecular flexibility index (Phi) is 8.14. The Morgan fingerprint density at radius 1 is 1.17 bits per heavy atom. The molecule has 1 aliphatic rings. The SMILES string of the molecule is CC[C@H](C)N(CC(=O)N1CCc2sccc2[C@@H]1COc1ccc(Cl)cc1)C(=O)c1ccccc1C. The van der Waals surface area contributed by atoms with E-state index in [1.54, 1.807) is 28.4 Å². The van der Waals surface area contributed by atoms with E-state index in [9.17, 15) is 9.59 Å². The van der Waals surface area contributed by atoms with Crippen molar-refractivity contribution in [2.24, 2.45) is 0 Å². The molecule has 0 saturated carbocycles. The molecule has 0 radical (unpaired) electrons. The van der Waals surface area contributed by atoms with Crippen LogP contribution >= 0.6 is 22.9 Å². The lowest BCUT2D eigenvalue weighted by Crippen LogP contribution is -2.50. The zero-order valence-corrected chi connectivity index (χ0v) is 21.9. The number of benzene rings is 2. The van der Waals surface area contributed by atoms with Crippen molar-refractivity contribution in [1.82, 2.24) is 9.80 Å². The van der Waals surface area contributed by atoms with Gasteiger partial charge < -0.3 is 14.5 Å². The first kappa shape index (κ1) is 25.3. The van der Waals surface area contributed by atoms with Crippen molar-refractivity contribution >= 4 is 34.8 Å². The van der Waals surface area contributed by atoms with Crippen LogP contribution in [0.1, 0.15) is 52.7 Å². The average molecular weight is 511 g/mol. The van der Waals surface area contributed by atoms with Crippen LogP contribution < -0.4 is 4.74 Å². The molecule has 0 saturated heterocycles. The lowest BCUT2D eigenvalue weighted by Gasteiger charge is -2.38. The molecule has 0 bridgehead atoms. The molecule has 2 aromatic carbocycles. The number of halogens is 1. The lowest BCUT2D eigenvalue weighted by atomic mass is 10.00. The molecule has 5 nitrogen and oxygen atoms in total. The molecule has 35 heavy (non-hydrogen) atoms. The van der Waals surface area contributed by atoms with Crippen molar-refractivity contribution in [3.05, 3.63) is 86.6 Å². The van der Waals surface area contributed by atoms with Gasteiger partial charge >= 0.3 is 0 Å². The summed E-state index contributed by atoms with van der Waals surface area (Å²) in [6.45, 7) is 6.95. The maximum absolute atomic E-state index is 13.7. The van der Waals surface area contributed by atoms with Crippen LogP contribution in [0.2, 0.25) is 5.02 Å². The first-order valence-corrected chi connectivity index (χ1v) is 13.3. The zero-order chi connectivity index (χ0) is 24.9. The number of rotatable bonds is 8. The summed E-state index contributed by atoms with van der Waals surface area (Å²) < 4.78 is 6.08. The summed E-state index contributed by atoms with van der Waals surface area (Å²) in [6.07, 6.45) is 1.58. The number of nitrogens with zero attached hydrogens (tertiary/aromatic N) is 2. The van der Waals surface area contributed by atoms with Gasteiger partial charge in [-0.15, -0.1) is 11.3 Å². The third-order valence-corrected chi connectivity index (χ3v) is 7.95. The second-order valence-electron chi connectivity index (χ2n) is 8.92. The maximum Gasteiger partial charge on any atom is 0.254 e. The summed E-state index contributed by atoms with van der Waals surface area (Å²) in [5.74, 6) is 0.543. The van der Waals surface area contributed by atoms with Gasteiger partial charge in [0.15, 0.2) is 0 Å². The summed E-state index contributed by atoms with van der Waals surface area (Å²) in [5, 5.41) is 2.72. The fourth-order valence-corrected chi connectivity index (χ4v) is 5.49. The highest BCUT2D eigenvalue weighted by Crippen LogP contribution is 2.34. The molecule has 3 aromatic rings. The van der Waals surface area contributed by atoms with Gasteiger partial charge in [-0.1, -0.05) is 36.7 Å². The standard InChI is InChI=1S/C28H31ClN2O3S/c1-4-20(3)31(28(33)23-8-6-5-7-19(23)2)17-27(32)30-15-13-26-24(14-16-35-26)25(30)18-34-22-11-9-21(29)10-12-22/h5-12,14,16,20,25H,4,13,15,17-18H2,1-3H3/t20-,25-/m0/s1. The molecule has 2 amide bonds. The molecule has 0 N–H and O–H groups in total. The minimum absolute atomic E-state index is 0.0408. The number of aryl methyl sites for hydroxylation is 1. The molecule has 7 heteroatoms. The van der Waals surface area contributed by atoms with E-state index in [0.29, 0.717) is 29.5 Å². The molecule has 0 spiro atoms. The van der Waals surface area contributed by atoms with Crippen LogP contribution in [0, 0.1) is 6.92 Å². The fourth-order valence-electron chi connectivity index (χ4n) is 4.43. The number of hydrogen-bond donors (Lipinski definition) is 0. The van der Waals surface area contributed by atoms with E-state index in [4.69, 9.17) is 16.3 Å². The van der Waals surface area contributed by atoms with Crippen molar-refractivity contribution in [3.8, 4) is 5.75 Å². The molecule has 4 rings (SSSR count). The third kappa shape index (κ3) is 5.71. The van der Waals surface area contributed by atoms with Gasteiger partial charge in [0, 0.05) is 28.0 Å². The van der Waals surface area contributed by atoms with Crippen molar-refractivity contribution in [3.63, 3.8) is 0 Å². The summed E-state index contributed by atoms with van der Waals surface area (Å²) in [6, 6.07) is 16.6. The van der Waals surface area contributed by atoms with Gasteiger partial charge in [-0.2, -0.15) is 0 Å². The van der Waals surface area contributed by atoms with Gasteiger partial charge in [-0.25, -0.2) is 0 Å². The van der Waals surface area contributed by atoms with E-state index in [1.165, 1.54) is 4.88 Å². The molecule has 0 fully saturated rings. The summed E-state index contributed by atoms with van der Waals surface area (Å²) in [4.78, 5) is 32.1. The Labute approximate surface area is 216 Å². The molecule has 2 atom stereocenters. The number of hydrogen-bond acceptors (Lipinski definition) is 4. The summed E-state index contributed by atoms with van der Waals surface area (Å²) in [5.41, 5.74) is 2.68. The number of fused-ring (bicyclic) bond motifs is 1. The van der Waals surface area contributed by atoms with Crippen molar-refractivity contribution in [1.29, 1.82) is 0 Å². The van der Waals surface area contributed by atoms with Gasteiger partial charge in [-0.3, -0.25) is 9.59 Å². The number of ether oxygens (including phenoxy) is 1. The van der Waals surface area contributed by atoms with Crippen molar-refractivity contribution in [2.45, 2.75) is 45.7 Å². The predicted molar refractivity (Wildman–Crippen MR) is 141 cm³/mol. The van der Waals surface area contributed by atoms with Gasteiger partial charge in [0.2, 0.25) is 5.91 Å². The zero-order valence-electron chi connectivity index (χ0n) is 20.4. The number of thiophene rings is 1. The van der Waals surface area contributed by atoms with Gasteiger partial charge in [0.05, 0.1) is 6.04 Å². The highest BCUT2D eigenvalue weighted by molar-refractivity contribution is 7.10. The Morgan fingerprint density at radius 3 is 2.63 bits per heavy atom. The first-order valence-electron chi connectivity index (χ1n) is 12.0. The van der Waals surface area contributed by atoms with Crippen LogP contribution in [-0.2, 0) is 11.2 Å². The van der Waals surface area contributed by atoms with Crippen molar-refractivity contribution in [2.75, 3.05) is 19.7 Å². The van der Waals surface area contributed by atoms with E-state index in [-0.39, 0.29) is 30.4 Å². The van der Waals surface area contributed by atoms with Gasteiger partial charge in [-0.05, 0) is 79.6 Å². The number of carbonyl (C=O) groups excluding carboxylic acids is 2. The molecule has 184 valence electrons. The molecular weight excluding hydrogens is 480 g/mol. The van der Waals surface area contributed by atoms with Crippen LogP contribution in [0.25, 0.3) is 0 Å². The average Bonchev–Trinajstić information content (AvgIpc) is 3.35. The van der Waals surface area contributed by atoms with Crippen LogP contribution in [0.4, 0.5) is 0 Å². The Morgan fingerprint density at radius 2 is 1.91 bits per heavy atom. The van der Waals surface area contributed by atoms with Crippen LogP contribution in [-0.4, -0.2) is 47.4 Å². The quantitative estimate of drug-likeness (QED) is 0.365. The van der Waals surface area contributed by atoms with Gasteiger partial charge in [0.25, 0.3) is 5.91 Å². The number of carbonyl (C=O) groups is 2. The van der Waals surface area contributed by atoms with E-state index in [0.717, 1.165) is 24.0 Å². The first-order chi connectivity index (χ1) is 16.9. The molecule has 0 aliphatic carbocycles. The fraction of sp³-hybridized carbons (Fsp3) is 0.357. The molecule has 2 heterocycles. The van der Waals surface area contributed by atoms with E-state index >= 15 is 0 Å². The monoisotopic (exact) mass is 510 g/mol. The molecule has 0 unspecified atom stereocenters. The smallest absolute Gasteiger partial charge is 0.254 e. The largest absolute Gasteiger partial charge is 0.491 e. The van der Waals surface area contributed by atoms with Gasteiger partial charge in [0.1, 0.15) is 18.9 Å². The second kappa shape index (κ2) is 11.3. The second-order valence-corrected chi connectivity index (χ2v) is 10.4. The Balaban J connectivity index is 1.55. The molecule has 1 aliphatic heterocycles. The molecular formula is C28H31ClN2O3S. The lowest BCUT2D eigenvalue weighted by molar-refractivity contribution is -0.136. The van der Waals surface area contributed by atoms with Crippen LogP contribution in [0.3, 0.4) is 0 Å². The minimum Gasteiger partial charge on any atom is -0.491 e. The summed E-state index contributed by atoms with van der Waals surface area (Å²) >= 11 is 7.72. The summed E-state index contributed by atoms with van der Waals surface area (Å²) in [7, 11) is 0. The third-order valence-electron chi connectivity index (χ3n) is 6.70. The van der Waals surface area contributed by atoms with E-state index < -0.39 is 0 Å². The highest BCUT2D eigenvalue weighted by Gasteiger charge is 2.34. The Hall–Kier alpha value is -2.83. The topological polar surface area (TPSA) is 49.9 Å². The Bertz CT molecular complexity index is 1180. The maximum atomic E-state index is 13.7. The van der Waals surface area contributed by atoms with Crippen LogP contribution in [0.5, 0.6) is 5.75 Å². The molecule has 1 aromatic heterocycles. The minimum atomic E-state index is -0.208. The van der Waals surface area contributed by atoms with Crippen LogP contribution in [0.15, 0.2) is 60.0 Å². The normalized spacial score (nSPS) is 15.9.